The van der Waals surface area contributed by atoms with Crippen molar-refractivity contribution in [2.75, 3.05) is 18.5 Å². The Morgan fingerprint density at radius 3 is 2.72 bits per heavy atom. The van der Waals surface area contributed by atoms with Gasteiger partial charge in [-0.25, -0.2) is 0 Å². The number of benzene rings is 2. The summed E-state index contributed by atoms with van der Waals surface area (Å²) in [6, 6.07) is 13.1. The van der Waals surface area contributed by atoms with Gasteiger partial charge >= 0.3 is 0 Å². The average molecular weight is 358 g/mol. The molecule has 2 amide bonds. The van der Waals surface area contributed by atoms with Crippen LogP contribution in [0.1, 0.15) is 22.8 Å². The molecule has 2 aromatic carbocycles. The molecular formula is C18H16ClN3O3. The zero-order chi connectivity index (χ0) is 18.2. The number of amides is 2. The van der Waals surface area contributed by atoms with E-state index in [1.807, 2.05) is 13.0 Å². The molecule has 0 aromatic heterocycles. The van der Waals surface area contributed by atoms with E-state index in [1.54, 1.807) is 30.3 Å². The first-order valence-electron chi connectivity index (χ1n) is 7.54. The predicted molar refractivity (Wildman–Crippen MR) is 94.7 cm³/mol. The molecule has 128 valence electrons. The molecule has 0 saturated carbocycles. The molecule has 6 nitrogen and oxygen atoms in total. The van der Waals surface area contributed by atoms with Crippen molar-refractivity contribution in [1.82, 2.24) is 5.32 Å². The first kappa shape index (κ1) is 18.3. The lowest BCUT2D eigenvalue weighted by atomic mass is 10.2. The molecular weight excluding hydrogens is 342 g/mol. The minimum Gasteiger partial charge on any atom is -0.482 e. The van der Waals surface area contributed by atoms with Crippen molar-refractivity contribution >= 4 is 29.1 Å². The van der Waals surface area contributed by atoms with Crippen LogP contribution in [0.25, 0.3) is 0 Å². The number of nitrogens with one attached hydrogen (secondary N) is 2. The SMILES string of the molecule is CCNC(=O)c1cccc(NC(=O)COc2ccc(C#N)cc2Cl)c1. The molecule has 2 N–H and O–H groups in total. The van der Waals surface area contributed by atoms with E-state index in [4.69, 9.17) is 21.6 Å². The van der Waals surface area contributed by atoms with E-state index in [0.717, 1.165) is 0 Å². The van der Waals surface area contributed by atoms with Gasteiger partial charge in [0.05, 0.1) is 16.7 Å². The van der Waals surface area contributed by atoms with E-state index in [1.165, 1.54) is 12.1 Å². The highest BCUT2D eigenvalue weighted by Gasteiger charge is 2.09. The molecule has 2 rings (SSSR count). The monoisotopic (exact) mass is 357 g/mol. The van der Waals surface area contributed by atoms with Crippen LogP contribution in [0.2, 0.25) is 5.02 Å². The number of nitriles is 1. The highest BCUT2D eigenvalue weighted by molar-refractivity contribution is 6.32. The van der Waals surface area contributed by atoms with Crippen LogP contribution in [0.15, 0.2) is 42.5 Å². The highest BCUT2D eigenvalue weighted by Crippen LogP contribution is 2.25. The molecule has 0 unspecified atom stereocenters. The Kier molecular flexibility index (Phi) is 6.38. The Labute approximate surface area is 150 Å². The molecule has 0 saturated heterocycles. The van der Waals surface area contributed by atoms with Crippen molar-refractivity contribution in [3.8, 4) is 11.8 Å². The quantitative estimate of drug-likeness (QED) is 0.831. The van der Waals surface area contributed by atoms with Crippen LogP contribution in [0.4, 0.5) is 5.69 Å². The minimum absolute atomic E-state index is 0.209. The smallest absolute Gasteiger partial charge is 0.262 e. The summed E-state index contributed by atoms with van der Waals surface area (Å²) in [5, 5.41) is 14.4. The summed E-state index contributed by atoms with van der Waals surface area (Å²) in [6.07, 6.45) is 0. The molecule has 2 aromatic rings. The molecule has 25 heavy (non-hydrogen) atoms. The lowest BCUT2D eigenvalue weighted by molar-refractivity contribution is -0.118. The summed E-state index contributed by atoms with van der Waals surface area (Å²) in [5.74, 6) is -0.292. The summed E-state index contributed by atoms with van der Waals surface area (Å²) in [6.45, 7) is 2.10. The topological polar surface area (TPSA) is 91.2 Å². The fourth-order valence-corrected chi connectivity index (χ4v) is 2.26. The number of carbonyl (C=O) groups is 2. The normalized spacial score (nSPS) is 9.80. The van der Waals surface area contributed by atoms with Crippen LogP contribution >= 0.6 is 11.6 Å². The number of anilines is 1. The fourth-order valence-electron chi connectivity index (χ4n) is 2.03. The Balaban J connectivity index is 1.96. The van der Waals surface area contributed by atoms with Crippen molar-refractivity contribution in [1.29, 1.82) is 5.26 Å². The Morgan fingerprint density at radius 1 is 1.24 bits per heavy atom. The molecule has 0 aliphatic rings. The first-order valence-corrected chi connectivity index (χ1v) is 7.92. The fraction of sp³-hybridized carbons (Fsp3) is 0.167. The van der Waals surface area contributed by atoms with Gasteiger partial charge < -0.3 is 15.4 Å². The van der Waals surface area contributed by atoms with Crippen LogP contribution in [0, 0.1) is 11.3 Å². The van der Waals surface area contributed by atoms with Crippen molar-refractivity contribution in [2.24, 2.45) is 0 Å². The van der Waals surface area contributed by atoms with E-state index >= 15 is 0 Å². The molecule has 0 aliphatic heterocycles. The number of hydrogen-bond acceptors (Lipinski definition) is 4. The predicted octanol–water partition coefficient (Wildman–Crippen LogP) is 2.98. The van der Waals surface area contributed by atoms with Gasteiger partial charge in [0.2, 0.25) is 0 Å². The Morgan fingerprint density at radius 2 is 2.04 bits per heavy atom. The van der Waals surface area contributed by atoms with Gasteiger partial charge in [-0.15, -0.1) is 0 Å². The highest BCUT2D eigenvalue weighted by atomic mass is 35.5. The zero-order valence-corrected chi connectivity index (χ0v) is 14.3. The third-order valence-electron chi connectivity index (χ3n) is 3.17. The van der Waals surface area contributed by atoms with Gasteiger partial charge in [0, 0.05) is 17.8 Å². The number of rotatable bonds is 6. The molecule has 0 fully saturated rings. The lowest BCUT2D eigenvalue weighted by Gasteiger charge is -2.10. The number of carbonyl (C=O) groups excluding carboxylic acids is 2. The summed E-state index contributed by atoms with van der Waals surface area (Å²) < 4.78 is 5.35. The molecule has 0 bridgehead atoms. The number of hydrogen-bond donors (Lipinski definition) is 2. The van der Waals surface area contributed by atoms with E-state index in [9.17, 15) is 9.59 Å². The van der Waals surface area contributed by atoms with Gasteiger partial charge in [0.15, 0.2) is 6.61 Å². The standard InChI is InChI=1S/C18H16ClN3O3/c1-2-21-18(24)13-4-3-5-14(9-13)22-17(23)11-25-16-7-6-12(10-20)8-15(16)19/h3-9H,2,11H2,1H3,(H,21,24)(H,22,23). The van der Waals surface area contributed by atoms with Gasteiger partial charge in [-0.3, -0.25) is 9.59 Å². The van der Waals surface area contributed by atoms with E-state index < -0.39 is 5.91 Å². The maximum atomic E-state index is 12.0. The third-order valence-corrected chi connectivity index (χ3v) is 3.46. The van der Waals surface area contributed by atoms with Crippen molar-refractivity contribution in [3.05, 3.63) is 58.6 Å². The zero-order valence-electron chi connectivity index (χ0n) is 13.5. The van der Waals surface area contributed by atoms with Crippen LogP contribution < -0.4 is 15.4 Å². The first-order chi connectivity index (χ1) is 12.0. The van der Waals surface area contributed by atoms with Gasteiger partial charge in [-0.05, 0) is 43.3 Å². The molecule has 0 heterocycles. The number of ether oxygens (including phenoxy) is 1. The van der Waals surface area contributed by atoms with Crippen molar-refractivity contribution in [2.45, 2.75) is 6.92 Å². The second kappa shape index (κ2) is 8.71. The lowest BCUT2D eigenvalue weighted by Crippen LogP contribution is -2.23. The van der Waals surface area contributed by atoms with Crippen LogP contribution in [-0.2, 0) is 4.79 Å². The van der Waals surface area contributed by atoms with Crippen molar-refractivity contribution < 1.29 is 14.3 Å². The van der Waals surface area contributed by atoms with Crippen molar-refractivity contribution in [3.63, 3.8) is 0 Å². The van der Waals surface area contributed by atoms with Gasteiger partial charge in [-0.1, -0.05) is 17.7 Å². The average Bonchev–Trinajstić information content (AvgIpc) is 2.61. The van der Waals surface area contributed by atoms with E-state index in [-0.39, 0.29) is 17.5 Å². The largest absolute Gasteiger partial charge is 0.482 e. The van der Waals surface area contributed by atoms with E-state index in [2.05, 4.69) is 10.6 Å². The molecule has 0 aliphatic carbocycles. The maximum Gasteiger partial charge on any atom is 0.262 e. The van der Waals surface area contributed by atoms with Gasteiger partial charge in [0.25, 0.3) is 11.8 Å². The third kappa shape index (κ3) is 5.23. The number of nitrogens with zero attached hydrogens (tertiary/aromatic N) is 1. The number of halogens is 1. The second-order valence-electron chi connectivity index (χ2n) is 5.03. The summed E-state index contributed by atoms with van der Waals surface area (Å²) >= 11 is 5.98. The summed E-state index contributed by atoms with van der Waals surface area (Å²) in [7, 11) is 0. The van der Waals surface area contributed by atoms with Crippen LogP contribution in [0.3, 0.4) is 0 Å². The summed E-state index contributed by atoms with van der Waals surface area (Å²) in [4.78, 5) is 23.8. The molecule has 7 heteroatoms. The molecule has 0 spiro atoms. The maximum absolute atomic E-state index is 12.0. The van der Waals surface area contributed by atoms with Gasteiger partial charge in [0.1, 0.15) is 5.75 Å². The minimum atomic E-state index is -0.395. The Hall–Kier alpha value is -3.04. The Bertz CT molecular complexity index is 831. The van der Waals surface area contributed by atoms with Crippen LogP contribution in [-0.4, -0.2) is 25.0 Å². The van der Waals surface area contributed by atoms with Gasteiger partial charge in [-0.2, -0.15) is 5.26 Å². The summed E-state index contributed by atoms with van der Waals surface area (Å²) in [5.41, 5.74) is 1.35. The van der Waals surface area contributed by atoms with E-state index in [0.29, 0.717) is 29.1 Å². The second-order valence-corrected chi connectivity index (χ2v) is 5.44. The van der Waals surface area contributed by atoms with Crippen LogP contribution in [0.5, 0.6) is 5.75 Å². The molecule has 0 radical (unpaired) electrons. The molecule has 0 atom stereocenters.